The van der Waals surface area contributed by atoms with Crippen LogP contribution < -0.4 is 0 Å². The van der Waals surface area contributed by atoms with Crippen molar-refractivity contribution in [2.75, 3.05) is 3.59 Å². The Morgan fingerprint density at radius 3 is 1.09 bits per heavy atom. The van der Waals surface area contributed by atoms with Crippen LogP contribution in [0.15, 0.2) is 97.1 Å². The van der Waals surface area contributed by atoms with Crippen molar-refractivity contribution in [3.63, 3.8) is 0 Å². The van der Waals surface area contributed by atoms with Gasteiger partial charge >= 0.3 is 202 Å². The van der Waals surface area contributed by atoms with Gasteiger partial charge in [-0.25, -0.2) is 0 Å². The van der Waals surface area contributed by atoms with Crippen LogP contribution in [0.5, 0.6) is 0 Å². The summed E-state index contributed by atoms with van der Waals surface area (Å²) in [6.45, 7) is 5.21. The Morgan fingerprint density at radius 1 is 0.562 bits per heavy atom. The topological polar surface area (TPSA) is 0 Å². The molecule has 0 radical (unpaired) electrons. The maximum absolute atomic E-state index is 7.27. The molecule has 0 fully saturated rings. The molecule has 0 aromatic heterocycles. The molecular formula is C29H27ClSiZr. The Bertz CT molecular complexity index is 1140. The summed E-state index contributed by atoms with van der Waals surface area (Å²) in [5.41, 5.74) is 12.0. The molecule has 0 unspecified atom stereocenters. The molecule has 4 aromatic rings. The van der Waals surface area contributed by atoms with Gasteiger partial charge in [0.25, 0.3) is 0 Å². The first-order valence-corrected chi connectivity index (χ1v) is 23.9. The number of fused-ring (bicyclic) bond motifs is 6. The third kappa shape index (κ3) is 2.76. The average molecular weight is 530 g/mol. The van der Waals surface area contributed by atoms with Crippen molar-refractivity contribution < 1.29 is 19.4 Å². The molecule has 4 aromatic carbocycles. The second-order valence-corrected chi connectivity index (χ2v) is 37.3. The van der Waals surface area contributed by atoms with E-state index >= 15 is 0 Å². The summed E-state index contributed by atoms with van der Waals surface area (Å²) in [6, 6.07) is 36.7. The van der Waals surface area contributed by atoms with Gasteiger partial charge in [-0.3, -0.25) is 0 Å². The van der Waals surface area contributed by atoms with Crippen molar-refractivity contribution in [3.05, 3.63) is 119 Å². The van der Waals surface area contributed by atoms with Crippen molar-refractivity contribution >= 4 is 17.5 Å². The monoisotopic (exact) mass is 528 g/mol. The molecule has 0 amide bonds. The molecule has 0 saturated heterocycles. The van der Waals surface area contributed by atoms with E-state index in [0.29, 0.717) is 7.25 Å². The number of halogens is 1. The summed E-state index contributed by atoms with van der Waals surface area (Å²) in [7, 11) is 0. The fraction of sp³-hybridized carbons (Fsp3) is 0.172. The van der Waals surface area contributed by atoms with Crippen molar-refractivity contribution in [3.8, 4) is 22.3 Å². The fourth-order valence-corrected chi connectivity index (χ4v) is 41.7. The van der Waals surface area contributed by atoms with Crippen LogP contribution in [0.2, 0.25) is 13.1 Å². The van der Waals surface area contributed by atoms with Crippen LogP contribution in [-0.4, -0.2) is 9.51 Å². The van der Waals surface area contributed by atoms with Gasteiger partial charge in [-0.15, -0.1) is 0 Å². The van der Waals surface area contributed by atoms with Gasteiger partial charge in [-0.05, 0) is 0 Å². The number of benzene rings is 4. The minimum atomic E-state index is -3.14. The predicted octanol–water partition coefficient (Wildman–Crippen LogP) is 7.86. The molecule has 0 atom stereocenters. The molecule has 0 nitrogen and oxygen atoms in total. The Hall–Kier alpha value is -1.73. The van der Waals surface area contributed by atoms with Crippen LogP contribution in [0.4, 0.5) is 0 Å². The van der Waals surface area contributed by atoms with Crippen molar-refractivity contribution in [1.82, 2.24) is 0 Å². The minimum absolute atomic E-state index is 0.519. The van der Waals surface area contributed by atoms with Gasteiger partial charge in [0.15, 0.2) is 0 Å². The first kappa shape index (κ1) is 20.8. The molecule has 2 aliphatic rings. The summed E-state index contributed by atoms with van der Waals surface area (Å²) in [5, 5.41) is 0. The van der Waals surface area contributed by atoms with Crippen LogP contribution in [0.1, 0.15) is 29.5 Å². The van der Waals surface area contributed by atoms with Crippen LogP contribution >= 0.6 is 11.6 Å². The number of rotatable bonds is 4. The number of hydrogen-bond donors (Lipinski definition) is 0. The van der Waals surface area contributed by atoms with Crippen molar-refractivity contribution in [2.24, 2.45) is 0 Å². The van der Waals surface area contributed by atoms with E-state index in [2.05, 4.69) is 110 Å². The Balaban J connectivity index is 1.68. The molecule has 0 spiro atoms. The van der Waals surface area contributed by atoms with E-state index in [1.807, 2.05) is 0 Å². The van der Waals surface area contributed by atoms with E-state index in [1.165, 1.54) is 22.3 Å². The molecule has 0 aliphatic heterocycles. The van der Waals surface area contributed by atoms with Gasteiger partial charge in [-0.2, -0.15) is 0 Å². The molecule has 2 aliphatic carbocycles. The Morgan fingerprint density at radius 2 is 0.844 bits per heavy atom. The molecule has 3 heteroatoms. The second-order valence-electron chi connectivity index (χ2n) is 9.62. The Kier molecular flexibility index (Phi) is 5.17. The van der Waals surface area contributed by atoms with E-state index < -0.39 is 25.4 Å². The summed E-state index contributed by atoms with van der Waals surface area (Å²) in [5.74, 6) is -1.08. The molecule has 158 valence electrons. The van der Waals surface area contributed by atoms with Crippen LogP contribution in [0, 0.1) is 0 Å². The van der Waals surface area contributed by atoms with Crippen LogP contribution in [0.25, 0.3) is 22.3 Å². The third-order valence-electron chi connectivity index (χ3n) is 8.05. The molecular weight excluding hydrogens is 503 g/mol. The van der Waals surface area contributed by atoms with E-state index in [4.69, 9.17) is 11.6 Å². The predicted molar refractivity (Wildman–Crippen MR) is 137 cm³/mol. The summed E-state index contributed by atoms with van der Waals surface area (Å²) in [6.07, 6.45) is 0. The van der Waals surface area contributed by atoms with E-state index in [1.54, 1.807) is 22.3 Å². The van der Waals surface area contributed by atoms with E-state index in [9.17, 15) is 0 Å². The first-order chi connectivity index (χ1) is 15.7. The fourth-order valence-electron chi connectivity index (χ4n) is 6.61. The second kappa shape index (κ2) is 7.94. The van der Waals surface area contributed by atoms with Crippen LogP contribution in [0.3, 0.4) is 0 Å². The quantitative estimate of drug-likeness (QED) is 0.186. The van der Waals surface area contributed by atoms with E-state index in [-0.39, 0.29) is 0 Å². The number of hydrogen-bond acceptors (Lipinski definition) is 0. The zero-order valence-electron chi connectivity index (χ0n) is 18.6. The SMILES string of the molecule is C[SiH](C)[Zr]([CH2]Cl)([CH]1c2ccccc2-c2ccccc21)[CH]1c2ccccc2-c2ccccc21. The molecule has 0 saturated carbocycles. The zero-order valence-corrected chi connectivity index (χ0v) is 22.9. The molecule has 0 heterocycles. The average Bonchev–Trinajstić information content (AvgIpc) is 3.35. The normalized spacial score (nSPS) is 14.9. The van der Waals surface area contributed by atoms with Gasteiger partial charge in [0.1, 0.15) is 0 Å². The van der Waals surface area contributed by atoms with E-state index in [0.717, 1.165) is 3.59 Å². The summed E-state index contributed by atoms with van der Waals surface area (Å²) < 4.78 is 1.91. The van der Waals surface area contributed by atoms with Gasteiger partial charge in [0.2, 0.25) is 0 Å². The third-order valence-corrected chi connectivity index (χ3v) is 45.0. The number of alkyl halides is 1. The van der Waals surface area contributed by atoms with Crippen LogP contribution in [-0.2, 0) is 19.4 Å². The maximum atomic E-state index is 7.27. The van der Waals surface area contributed by atoms with Gasteiger partial charge in [-0.1, -0.05) is 0 Å². The molecule has 0 N–H and O–H groups in total. The van der Waals surface area contributed by atoms with Crippen molar-refractivity contribution in [2.45, 2.75) is 20.3 Å². The summed E-state index contributed by atoms with van der Waals surface area (Å²) in [4.78, 5) is 0. The first-order valence-electron chi connectivity index (χ1n) is 11.6. The molecule has 0 bridgehead atoms. The standard InChI is InChI=1S/2C13H9.C2H7Si.CH2Cl.Zr/c2*1-3-7-12-10(5-1)9-11-6-2-4-8-13(11)12;1-3-2;1-2;/h2*1-9H;3H,1-2H3;1H2;. The Labute approximate surface area is 201 Å². The molecule has 32 heavy (non-hydrogen) atoms. The van der Waals surface area contributed by atoms with Gasteiger partial charge < -0.3 is 0 Å². The molecule has 6 rings (SSSR count). The van der Waals surface area contributed by atoms with Gasteiger partial charge in [0, 0.05) is 0 Å². The van der Waals surface area contributed by atoms with Crippen molar-refractivity contribution in [1.29, 1.82) is 0 Å². The summed E-state index contributed by atoms with van der Waals surface area (Å²) >= 11 is 4.14. The zero-order chi connectivity index (χ0) is 21.9. The van der Waals surface area contributed by atoms with Gasteiger partial charge in [0.05, 0.1) is 0 Å².